The number of carboxylic acids is 1. The molecule has 1 aromatic carbocycles. The second-order valence-corrected chi connectivity index (χ2v) is 6.04. The number of fused-ring (bicyclic) bond motifs is 1. The van der Waals surface area contributed by atoms with Crippen LogP contribution in [0.2, 0.25) is 0 Å². The molecule has 0 aliphatic carbocycles. The van der Waals surface area contributed by atoms with Crippen molar-refractivity contribution in [2.24, 2.45) is 0 Å². The number of carboxylic acid groups (broad SMARTS) is 1. The average molecular weight is 352 g/mol. The number of aliphatic carboxylic acids is 1. The van der Waals surface area contributed by atoms with Crippen molar-refractivity contribution in [3.63, 3.8) is 0 Å². The Kier molecular flexibility index (Phi) is 6.91. The van der Waals surface area contributed by atoms with Crippen molar-refractivity contribution in [2.45, 2.75) is 24.7 Å². The Bertz CT molecular complexity index is 677. The topological polar surface area (TPSA) is 137 Å². The predicted octanol–water partition coefficient (Wildman–Crippen LogP) is -0.828. The molecule has 6 N–H and O–H groups in total. The first-order valence-corrected chi connectivity index (χ1v) is 8.06. The number of carbonyl (C=O) groups is 1. The van der Waals surface area contributed by atoms with Crippen molar-refractivity contribution in [1.29, 1.82) is 0 Å². The van der Waals surface area contributed by atoms with Gasteiger partial charge in [0.25, 0.3) is 0 Å². The number of aromatic nitrogens is 1. The Morgan fingerprint density at radius 2 is 1.68 bits per heavy atom. The highest BCUT2D eigenvalue weighted by atomic mass is 16.4. The van der Waals surface area contributed by atoms with Gasteiger partial charge in [0, 0.05) is 36.6 Å². The molecule has 0 spiro atoms. The minimum Gasteiger partial charge on any atom is -0.480 e. The summed E-state index contributed by atoms with van der Waals surface area (Å²) in [6.45, 7) is -1.31. The van der Waals surface area contributed by atoms with Gasteiger partial charge in [-0.3, -0.25) is 9.69 Å². The molecule has 0 radical (unpaired) electrons. The van der Waals surface area contributed by atoms with Crippen LogP contribution in [0.25, 0.3) is 10.9 Å². The molecule has 8 heteroatoms. The van der Waals surface area contributed by atoms with Crippen LogP contribution in [-0.2, 0) is 11.2 Å². The fourth-order valence-electron chi connectivity index (χ4n) is 2.87. The largest absolute Gasteiger partial charge is 0.480 e. The Labute approximate surface area is 144 Å². The zero-order valence-corrected chi connectivity index (χ0v) is 13.7. The fourth-order valence-corrected chi connectivity index (χ4v) is 2.87. The van der Waals surface area contributed by atoms with E-state index in [1.807, 2.05) is 24.3 Å². The summed E-state index contributed by atoms with van der Waals surface area (Å²) in [5.74, 6) is -1.11. The molecule has 0 aliphatic rings. The van der Waals surface area contributed by atoms with Gasteiger partial charge in [-0.05, 0) is 11.6 Å². The lowest BCUT2D eigenvalue weighted by Crippen LogP contribution is -2.50. The van der Waals surface area contributed by atoms with E-state index in [1.165, 1.54) is 4.90 Å². The minimum atomic E-state index is -1.14. The van der Waals surface area contributed by atoms with Crippen molar-refractivity contribution in [3.05, 3.63) is 36.0 Å². The van der Waals surface area contributed by atoms with Crippen molar-refractivity contribution in [1.82, 2.24) is 9.88 Å². The van der Waals surface area contributed by atoms with E-state index in [-0.39, 0.29) is 19.5 Å². The van der Waals surface area contributed by atoms with E-state index < -0.39 is 37.4 Å². The molecule has 0 saturated carbocycles. The third-order valence-corrected chi connectivity index (χ3v) is 4.13. The molecule has 2 unspecified atom stereocenters. The maximum Gasteiger partial charge on any atom is 0.321 e. The number of benzene rings is 1. The molecule has 0 fully saturated rings. The molecule has 2 rings (SSSR count). The number of nitrogens with zero attached hydrogens (tertiary/aromatic N) is 1. The molecule has 0 bridgehead atoms. The van der Waals surface area contributed by atoms with E-state index in [1.54, 1.807) is 6.20 Å². The van der Waals surface area contributed by atoms with Gasteiger partial charge >= 0.3 is 5.97 Å². The van der Waals surface area contributed by atoms with E-state index in [4.69, 9.17) is 10.2 Å². The molecule has 1 heterocycles. The summed E-state index contributed by atoms with van der Waals surface area (Å²) < 4.78 is 0. The first kappa shape index (κ1) is 19.4. The van der Waals surface area contributed by atoms with Gasteiger partial charge in [-0.1, -0.05) is 18.2 Å². The summed E-state index contributed by atoms with van der Waals surface area (Å²) >= 11 is 0. The number of rotatable bonds is 10. The van der Waals surface area contributed by atoms with Crippen LogP contribution in [0.4, 0.5) is 0 Å². The lowest BCUT2D eigenvalue weighted by atomic mass is 10.0. The summed E-state index contributed by atoms with van der Waals surface area (Å²) in [6.07, 6.45) is -0.397. The van der Waals surface area contributed by atoms with Gasteiger partial charge in [0.2, 0.25) is 0 Å². The number of hydrogen-bond donors (Lipinski definition) is 6. The Hall–Kier alpha value is -1.97. The zero-order chi connectivity index (χ0) is 18.4. The highest BCUT2D eigenvalue weighted by Crippen LogP contribution is 2.21. The molecule has 0 amide bonds. The van der Waals surface area contributed by atoms with Crippen LogP contribution in [0.5, 0.6) is 0 Å². The molecule has 25 heavy (non-hydrogen) atoms. The number of aliphatic hydroxyl groups is 4. The smallest absolute Gasteiger partial charge is 0.321 e. The number of aliphatic hydroxyl groups excluding tert-OH is 4. The van der Waals surface area contributed by atoms with Crippen molar-refractivity contribution in [2.75, 3.05) is 26.3 Å². The van der Waals surface area contributed by atoms with Gasteiger partial charge in [0.05, 0.1) is 25.4 Å². The second-order valence-electron chi connectivity index (χ2n) is 6.04. The zero-order valence-electron chi connectivity index (χ0n) is 13.7. The molecule has 8 nitrogen and oxygen atoms in total. The van der Waals surface area contributed by atoms with Gasteiger partial charge in [-0.25, -0.2) is 0 Å². The SMILES string of the molecule is O=C(O)[C@H](Cc1c[nH]c2ccccc12)N(CC(O)CO)CC(O)CO. The molecule has 138 valence electrons. The molecule has 0 saturated heterocycles. The Morgan fingerprint density at radius 1 is 1.08 bits per heavy atom. The quantitative estimate of drug-likeness (QED) is 0.328. The van der Waals surface area contributed by atoms with E-state index in [2.05, 4.69) is 4.98 Å². The standard InChI is InChI=1S/C17H24N2O6/c20-9-12(22)7-19(8-13(23)10-21)16(17(24)25)5-11-6-18-15-4-2-1-3-14(11)15/h1-4,6,12-13,16,18,20-23H,5,7-10H2,(H,24,25)/t12?,13?,16-/m0/s1. The van der Waals surface area contributed by atoms with Gasteiger partial charge < -0.3 is 30.5 Å². The number of para-hydroxylation sites is 1. The maximum atomic E-state index is 11.8. The third-order valence-electron chi connectivity index (χ3n) is 4.13. The highest BCUT2D eigenvalue weighted by Gasteiger charge is 2.29. The van der Waals surface area contributed by atoms with E-state index in [9.17, 15) is 20.1 Å². The van der Waals surface area contributed by atoms with Crippen LogP contribution in [0.3, 0.4) is 0 Å². The Morgan fingerprint density at radius 3 is 2.24 bits per heavy atom. The average Bonchev–Trinajstić information content (AvgIpc) is 3.01. The number of H-pyrrole nitrogens is 1. The minimum absolute atomic E-state index is 0.132. The first-order chi connectivity index (χ1) is 12.0. The monoisotopic (exact) mass is 352 g/mol. The number of aromatic amines is 1. The van der Waals surface area contributed by atoms with Crippen LogP contribution in [0.1, 0.15) is 5.56 Å². The van der Waals surface area contributed by atoms with Crippen molar-refractivity contribution < 1.29 is 30.3 Å². The molecule has 3 atom stereocenters. The van der Waals surface area contributed by atoms with Crippen LogP contribution >= 0.6 is 0 Å². The van der Waals surface area contributed by atoms with Crippen LogP contribution < -0.4 is 0 Å². The predicted molar refractivity (Wildman–Crippen MR) is 91.2 cm³/mol. The lowest BCUT2D eigenvalue weighted by Gasteiger charge is -2.31. The van der Waals surface area contributed by atoms with Crippen LogP contribution in [0, 0.1) is 0 Å². The van der Waals surface area contributed by atoms with Crippen LogP contribution in [-0.4, -0.2) is 85.9 Å². The maximum absolute atomic E-state index is 11.8. The molecular formula is C17H24N2O6. The van der Waals surface area contributed by atoms with E-state index >= 15 is 0 Å². The second kappa shape index (κ2) is 8.93. The van der Waals surface area contributed by atoms with Gasteiger partial charge in [-0.15, -0.1) is 0 Å². The number of nitrogens with one attached hydrogen (secondary N) is 1. The number of hydrogen-bond acceptors (Lipinski definition) is 6. The van der Waals surface area contributed by atoms with E-state index in [0.29, 0.717) is 0 Å². The van der Waals surface area contributed by atoms with Crippen LogP contribution in [0.15, 0.2) is 30.5 Å². The Balaban J connectivity index is 2.26. The van der Waals surface area contributed by atoms with Gasteiger partial charge in [0.1, 0.15) is 6.04 Å². The first-order valence-electron chi connectivity index (χ1n) is 8.06. The van der Waals surface area contributed by atoms with Crippen molar-refractivity contribution in [3.8, 4) is 0 Å². The van der Waals surface area contributed by atoms with Gasteiger partial charge in [0.15, 0.2) is 0 Å². The summed E-state index contributed by atoms with van der Waals surface area (Å²) in [4.78, 5) is 16.3. The summed E-state index contributed by atoms with van der Waals surface area (Å²) in [5.41, 5.74) is 1.68. The lowest BCUT2D eigenvalue weighted by molar-refractivity contribution is -0.144. The van der Waals surface area contributed by atoms with E-state index in [0.717, 1.165) is 16.5 Å². The van der Waals surface area contributed by atoms with Crippen molar-refractivity contribution >= 4 is 16.9 Å². The fraction of sp³-hybridized carbons (Fsp3) is 0.471. The summed E-state index contributed by atoms with van der Waals surface area (Å²) in [5, 5.41) is 48.1. The highest BCUT2D eigenvalue weighted by molar-refractivity contribution is 5.84. The third kappa shape index (κ3) is 5.00. The molecular weight excluding hydrogens is 328 g/mol. The molecule has 2 aromatic rings. The molecule has 1 aromatic heterocycles. The van der Waals surface area contributed by atoms with Gasteiger partial charge in [-0.2, -0.15) is 0 Å². The summed E-state index contributed by atoms with van der Waals surface area (Å²) in [7, 11) is 0. The molecule has 0 aliphatic heterocycles. The summed E-state index contributed by atoms with van der Waals surface area (Å²) in [6, 6.07) is 6.48. The normalized spacial score (nSPS) is 15.4.